The predicted octanol–water partition coefficient (Wildman–Crippen LogP) is 4.39. The number of carboxylic acids is 1. The van der Waals surface area contributed by atoms with Crippen LogP contribution in [0, 0.1) is 0 Å². The van der Waals surface area contributed by atoms with Crippen molar-refractivity contribution in [1.29, 1.82) is 0 Å². The fourth-order valence-corrected chi connectivity index (χ4v) is 3.50. The number of thioether (sulfide) groups is 1. The number of carbonyl (C=O) groups is 1. The van der Waals surface area contributed by atoms with Gasteiger partial charge in [0.25, 0.3) is 0 Å². The maximum Gasteiger partial charge on any atom is 0.335 e. The number of benzene rings is 1. The highest BCUT2D eigenvalue weighted by Crippen LogP contribution is 2.28. The molecule has 0 fully saturated rings. The first-order valence-electron chi connectivity index (χ1n) is 6.17. The van der Waals surface area contributed by atoms with Crippen LogP contribution in [0.1, 0.15) is 16.1 Å². The van der Waals surface area contributed by atoms with Crippen molar-refractivity contribution in [1.82, 2.24) is 4.98 Å². The highest BCUT2D eigenvalue weighted by molar-refractivity contribution is 7.98. The van der Waals surface area contributed by atoms with E-state index in [1.165, 1.54) is 11.3 Å². The predicted molar refractivity (Wildman–Crippen MR) is 82.8 cm³/mol. The molecule has 0 saturated carbocycles. The Morgan fingerprint density at radius 3 is 3.00 bits per heavy atom. The SMILES string of the molecule is O=C(O)c1cccc(SCc2csc(-c3ccco3)n2)c1. The molecule has 0 bridgehead atoms. The molecule has 2 heterocycles. The first kappa shape index (κ1) is 13.9. The molecule has 0 radical (unpaired) electrons. The van der Waals surface area contributed by atoms with Crippen LogP contribution in [0.5, 0.6) is 0 Å². The van der Waals surface area contributed by atoms with Crippen molar-refractivity contribution >= 4 is 29.1 Å². The molecule has 0 aliphatic carbocycles. The van der Waals surface area contributed by atoms with Gasteiger partial charge in [0, 0.05) is 16.0 Å². The van der Waals surface area contributed by atoms with Crippen molar-refractivity contribution < 1.29 is 14.3 Å². The number of aromatic nitrogens is 1. The molecule has 0 aliphatic rings. The molecule has 0 saturated heterocycles. The summed E-state index contributed by atoms with van der Waals surface area (Å²) in [6.45, 7) is 0. The highest BCUT2D eigenvalue weighted by Gasteiger charge is 2.08. The molecule has 0 aliphatic heterocycles. The first-order chi connectivity index (χ1) is 10.2. The molecule has 1 aromatic carbocycles. The Hall–Kier alpha value is -2.05. The Morgan fingerprint density at radius 1 is 1.33 bits per heavy atom. The summed E-state index contributed by atoms with van der Waals surface area (Å²) in [6.07, 6.45) is 1.63. The third kappa shape index (κ3) is 3.34. The number of nitrogens with zero attached hydrogens (tertiary/aromatic N) is 1. The molecule has 1 N–H and O–H groups in total. The molecular weight excluding hydrogens is 306 g/mol. The van der Waals surface area contributed by atoms with Gasteiger partial charge in [-0.1, -0.05) is 6.07 Å². The van der Waals surface area contributed by atoms with E-state index in [0.717, 1.165) is 21.4 Å². The molecular formula is C15H11NO3S2. The van der Waals surface area contributed by atoms with Gasteiger partial charge in [0.1, 0.15) is 0 Å². The van der Waals surface area contributed by atoms with Crippen molar-refractivity contribution in [3.05, 3.63) is 59.3 Å². The fourth-order valence-electron chi connectivity index (χ4n) is 1.76. The Labute approximate surface area is 129 Å². The van der Waals surface area contributed by atoms with E-state index < -0.39 is 5.97 Å². The summed E-state index contributed by atoms with van der Waals surface area (Å²) in [5, 5.41) is 11.8. The molecule has 3 rings (SSSR count). The van der Waals surface area contributed by atoms with Gasteiger partial charge in [0.05, 0.1) is 17.5 Å². The lowest BCUT2D eigenvalue weighted by molar-refractivity contribution is 0.0696. The number of furan rings is 1. The van der Waals surface area contributed by atoms with E-state index in [2.05, 4.69) is 4.98 Å². The van der Waals surface area contributed by atoms with Gasteiger partial charge in [0.2, 0.25) is 0 Å². The standard InChI is InChI=1S/C15H11NO3S2/c17-15(18)10-3-1-4-12(7-10)20-8-11-9-21-14(16-11)13-5-2-6-19-13/h1-7,9H,8H2,(H,17,18). The normalized spacial score (nSPS) is 10.7. The third-order valence-corrected chi connectivity index (χ3v) is 4.68. The number of carboxylic acid groups (broad SMARTS) is 1. The second-order valence-electron chi connectivity index (χ2n) is 4.24. The first-order valence-corrected chi connectivity index (χ1v) is 8.03. The van der Waals surface area contributed by atoms with Gasteiger partial charge >= 0.3 is 5.97 Å². The Balaban J connectivity index is 1.68. The van der Waals surface area contributed by atoms with Gasteiger partial charge in [-0.15, -0.1) is 23.1 Å². The average Bonchev–Trinajstić information content (AvgIpc) is 3.16. The lowest BCUT2D eigenvalue weighted by Crippen LogP contribution is -1.95. The molecule has 2 aromatic heterocycles. The lowest BCUT2D eigenvalue weighted by atomic mass is 10.2. The highest BCUT2D eigenvalue weighted by atomic mass is 32.2. The number of thiazole rings is 1. The van der Waals surface area contributed by atoms with E-state index >= 15 is 0 Å². The number of hydrogen-bond donors (Lipinski definition) is 1. The summed E-state index contributed by atoms with van der Waals surface area (Å²) in [5.41, 5.74) is 1.26. The Morgan fingerprint density at radius 2 is 2.24 bits per heavy atom. The molecule has 106 valence electrons. The molecule has 6 heteroatoms. The van der Waals surface area contributed by atoms with Crippen LogP contribution >= 0.6 is 23.1 Å². The van der Waals surface area contributed by atoms with Crippen LogP contribution in [0.4, 0.5) is 0 Å². The van der Waals surface area contributed by atoms with Crippen LogP contribution in [0.15, 0.2) is 57.4 Å². The van der Waals surface area contributed by atoms with Crippen LogP contribution in [-0.4, -0.2) is 16.1 Å². The molecule has 0 atom stereocenters. The van der Waals surface area contributed by atoms with Crippen molar-refractivity contribution in [2.45, 2.75) is 10.6 Å². The summed E-state index contributed by atoms with van der Waals surface area (Å²) in [6, 6.07) is 10.6. The summed E-state index contributed by atoms with van der Waals surface area (Å²) < 4.78 is 5.31. The number of aromatic carboxylic acids is 1. The largest absolute Gasteiger partial charge is 0.478 e. The van der Waals surface area contributed by atoms with Crippen molar-refractivity contribution in [2.24, 2.45) is 0 Å². The lowest BCUT2D eigenvalue weighted by Gasteiger charge is -2.01. The minimum Gasteiger partial charge on any atom is -0.478 e. The van der Waals surface area contributed by atoms with Crippen LogP contribution in [0.25, 0.3) is 10.8 Å². The van der Waals surface area contributed by atoms with Gasteiger partial charge in [-0.25, -0.2) is 9.78 Å². The van der Waals surface area contributed by atoms with Gasteiger partial charge in [-0.05, 0) is 30.3 Å². The van der Waals surface area contributed by atoms with Crippen LogP contribution in [0.3, 0.4) is 0 Å². The Kier molecular flexibility index (Phi) is 4.08. The van der Waals surface area contributed by atoms with Crippen molar-refractivity contribution in [3.8, 4) is 10.8 Å². The summed E-state index contributed by atoms with van der Waals surface area (Å²) in [7, 11) is 0. The smallest absolute Gasteiger partial charge is 0.335 e. The number of rotatable bonds is 5. The minimum absolute atomic E-state index is 0.301. The maximum absolute atomic E-state index is 10.9. The van der Waals surface area contributed by atoms with Gasteiger partial charge in [-0.2, -0.15) is 0 Å². The van der Waals surface area contributed by atoms with Crippen molar-refractivity contribution in [2.75, 3.05) is 0 Å². The third-order valence-electron chi connectivity index (χ3n) is 2.75. The second-order valence-corrected chi connectivity index (χ2v) is 6.15. The van der Waals surface area contributed by atoms with Gasteiger partial charge in [0.15, 0.2) is 10.8 Å². The van der Waals surface area contributed by atoms with E-state index in [1.807, 2.05) is 23.6 Å². The molecule has 4 nitrogen and oxygen atoms in total. The topological polar surface area (TPSA) is 63.3 Å². The van der Waals surface area contributed by atoms with E-state index in [-0.39, 0.29) is 0 Å². The van der Waals surface area contributed by atoms with E-state index in [4.69, 9.17) is 9.52 Å². The average molecular weight is 317 g/mol. The van der Waals surface area contributed by atoms with E-state index in [9.17, 15) is 4.79 Å². The van der Waals surface area contributed by atoms with Crippen molar-refractivity contribution in [3.63, 3.8) is 0 Å². The second kappa shape index (κ2) is 6.15. The minimum atomic E-state index is -0.911. The van der Waals surface area contributed by atoms with Crippen LogP contribution < -0.4 is 0 Å². The van der Waals surface area contributed by atoms with Crippen LogP contribution in [0.2, 0.25) is 0 Å². The summed E-state index contributed by atoms with van der Waals surface area (Å²) in [5.74, 6) is 0.552. The number of hydrogen-bond acceptors (Lipinski definition) is 5. The molecule has 0 spiro atoms. The molecule has 3 aromatic rings. The zero-order valence-corrected chi connectivity index (χ0v) is 12.5. The molecule has 0 amide bonds. The molecule has 21 heavy (non-hydrogen) atoms. The van der Waals surface area contributed by atoms with Gasteiger partial charge < -0.3 is 9.52 Å². The maximum atomic E-state index is 10.9. The van der Waals surface area contributed by atoms with E-state index in [1.54, 1.807) is 36.2 Å². The van der Waals surface area contributed by atoms with E-state index in [0.29, 0.717) is 11.3 Å². The zero-order chi connectivity index (χ0) is 14.7. The van der Waals surface area contributed by atoms with Gasteiger partial charge in [-0.3, -0.25) is 0 Å². The molecule has 0 unspecified atom stereocenters. The fraction of sp³-hybridized carbons (Fsp3) is 0.0667. The van der Waals surface area contributed by atoms with Crippen LogP contribution in [-0.2, 0) is 5.75 Å². The Bertz CT molecular complexity index is 750. The summed E-state index contributed by atoms with van der Waals surface area (Å²) in [4.78, 5) is 16.4. The quantitative estimate of drug-likeness (QED) is 0.707. The summed E-state index contributed by atoms with van der Waals surface area (Å²) >= 11 is 3.10. The zero-order valence-electron chi connectivity index (χ0n) is 10.9. The monoisotopic (exact) mass is 317 g/mol.